The molecule has 0 atom stereocenters. The van der Waals surface area contributed by atoms with Gasteiger partial charge in [0.1, 0.15) is 5.60 Å². The van der Waals surface area contributed by atoms with Gasteiger partial charge in [0.25, 0.3) is 0 Å². The molecule has 1 saturated carbocycles. The smallest absolute Gasteiger partial charge is 0.407 e. The molecule has 0 spiro atoms. The van der Waals surface area contributed by atoms with E-state index >= 15 is 0 Å². The highest BCUT2D eigenvalue weighted by atomic mass is 79.9. The van der Waals surface area contributed by atoms with Crippen molar-refractivity contribution in [2.24, 2.45) is 0 Å². The van der Waals surface area contributed by atoms with Crippen LogP contribution in [0.3, 0.4) is 0 Å². The van der Waals surface area contributed by atoms with Gasteiger partial charge in [0.15, 0.2) is 0 Å². The molecule has 0 saturated heterocycles. The van der Waals surface area contributed by atoms with Crippen molar-refractivity contribution in [2.75, 3.05) is 12.4 Å². The van der Waals surface area contributed by atoms with Crippen LogP contribution in [0.15, 0.2) is 16.6 Å². The molecule has 26 heavy (non-hydrogen) atoms. The van der Waals surface area contributed by atoms with Gasteiger partial charge < -0.3 is 20.1 Å². The number of hydrogen-bond acceptors (Lipinski definition) is 4. The highest BCUT2D eigenvalue weighted by molar-refractivity contribution is 9.10. The number of halogens is 1. The molecule has 1 fully saturated rings. The highest BCUT2D eigenvalue weighted by Crippen LogP contribution is 2.29. The van der Waals surface area contributed by atoms with Crippen molar-refractivity contribution in [3.05, 3.63) is 27.7 Å². The van der Waals surface area contributed by atoms with E-state index in [0.717, 1.165) is 35.8 Å². The first-order chi connectivity index (χ1) is 12.2. The van der Waals surface area contributed by atoms with Crippen molar-refractivity contribution >= 4 is 27.7 Å². The first kappa shape index (κ1) is 21.0. The molecule has 1 aromatic carbocycles. The standard InChI is InChI=1S/C20H31BrN2O3/c1-13-14(12-25-5)10-15(21)11-18(13)22-16-6-8-17(9-7-16)23-19(24)26-20(2,3)4/h10-11,16-17,22H,6-9,12H2,1-5H3,(H,23,24). The van der Waals surface area contributed by atoms with Crippen LogP contribution < -0.4 is 10.6 Å². The molecular weight excluding hydrogens is 396 g/mol. The number of ether oxygens (including phenoxy) is 2. The van der Waals surface area contributed by atoms with Gasteiger partial charge in [0.2, 0.25) is 0 Å². The number of anilines is 1. The molecule has 0 aromatic heterocycles. The van der Waals surface area contributed by atoms with Crippen molar-refractivity contribution in [1.82, 2.24) is 5.32 Å². The van der Waals surface area contributed by atoms with Gasteiger partial charge in [-0.05, 0) is 76.6 Å². The van der Waals surface area contributed by atoms with Gasteiger partial charge in [-0.1, -0.05) is 15.9 Å². The Labute approximate surface area is 165 Å². The second-order valence-corrected chi connectivity index (χ2v) is 8.93. The lowest BCUT2D eigenvalue weighted by molar-refractivity contribution is 0.0492. The van der Waals surface area contributed by atoms with Crippen LogP contribution in [-0.4, -0.2) is 30.9 Å². The van der Waals surface area contributed by atoms with E-state index in [0.29, 0.717) is 12.6 Å². The van der Waals surface area contributed by atoms with Gasteiger partial charge in [-0.3, -0.25) is 0 Å². The molecule has 0 bridgehead atoms. The molecule has 0 aliphatic heterocycles. The van der Waals surface area contributed by atoms with Gasteiger partial charge in [0, 0.05) is 29.4 Å². The number of rotatable bonds is 5. The third kappa shape index (κ3) is 6.47. The molecule has 5 nitrogen and oxygen atoms in total. The number of carbonyl (C=O) groups is 1. The van der Waals surface area contributed by atoms with Crippen LogP contribution in [0.5, 0.6) is 0 Å². The molecule has 1 aliphatic carbocycles. The summed E-state index contributed by atoms with van der Waals surface area (Å²) in [5.74, 6) is 0. The maximum Gasteiger partial charge on any atom is 0.407 e. The Balaban J connectivity index is 1.88. The Bertz CT molecular complexity index is 620. The summed E-state index contributed by atoms with van der Waals surface area (Å²) in [5.41, 5.74) is 3.10. The summed E-state index contributed by atoms with van der Waals surface area (Å²) >= 11 is 3.59. The summed E-state index contributed by atoms with van der Waals surface area (Å²) < 4.78 is 11.7. The van der Waals surface area contributed by atoms with E-state index in [1.54, 1.807) is 7.11 Å². The van der Waals surface area contributed by atoms with Crippen molar-refractivity contribution in [3.8, 4) is 0 Å². The zero-order valence-corrected chi connectivity index (χ0v) is 18.0. The molecule has 2 rings (SSSR count). The van der Waals surface area contributed by atoms with Crippen molar-refractivity contribution < 1.29 is 14.3 Å². The number of carbonyl (C=O) groups excluding carboxylic acids is 1. The number of nitrogens with one attached hydrogen (secondary N) is 2. The molecule has 2 N–H and O–H groups in total. The van der Waals surface area contributed by atoms with Gasteiger partial charge in [-0.25, -0.2) is 4.79 Å². The summed E-state index contributed by atoms with van der Waals surface area (Å²) in [4.78, 5) is 11.9. The zero-order chi connectivity index (χ0) is 19.3. The molecule has 146 valence electrons. The van der Waals surface area contributed by atoms with E-state index < -0.39 is 5.60 Å². The van der Waals surface area contributed by atoms with Gasteiger partial charge in [-0.2, -0.15) is 0 Å². The lowest BCUT2D eigenvalue weighted by Gasteiger charge is -2.31. The fourth-order valence-electron chi connectivity index (χ4n) is 3.27. The van der Waals surface area contributed by atoms with E-state index in [1.165, 1.54) is 11.1 Å². The summed E-state index contributed by atoms with van der Waals surface area (Å²) in [6, 6.07) is 4.83. The number of benzene rings is 1. The van der Waals surface area contributed by atoms with E-state index in [4.69, 9.17) is 9.47 Å². The number of alkyl carbamates (subject to hydrolysis) is 1. The number of hydrogen-bond donors (Lipinski definition) is 2. The molecule has 1 aliphatic rings. The quantitative estimate of drug-likeness (QED) is 0.682. The Kier molecular flexibility index (Phi) is 7.35. The van der Waals surface area contributed by atoms with Crippen LogP contribution in [-0.2, 0) is 16.1 Å². The Morgan fingerprint density at radius 3 is 2.38 bits per heavy atom. The van der Waals surface area contributed by atoms with Crippen LogP contribution in [0.2, 0.25) is 0 Å². The predicted molar refractivity (Wildman–Crippen MR) is 109 cm³/mol. The normalized spacial score (nSPS) is 20.5. The third-order valence-electron chi connectivity index (χ3n) is 4.59. The SMILES string of the molecule is COCc1cc(Br)cc(NC2CCC(NC(=O)OC(C)(C)C)CC2)c1C. The van der Waals surface area contributed by atoms with Crippen molar-refractivity contribution in [2.45, 2.75) is 77.7 Å². The van der Waals surface area contributed by atoms with Crippen LogP contribution in [0.25, 0.3) is 0 Å². The van der Waals surface area contributed by atoms with Crippen LogP contribution in [0.1, 0.15) is 57.6 Å². The molecule has 6 heteroatoms. The van der Waals surface area contributed by atoms with Crippen LogP contribution >= 0.6 is 15.9 Å². The van der Waals surface area contributed by atoms with Gasteiger partial charge in [0.05, 0.1) is 6.61 Å². The summed E-state index contributed by atoms with van der Waals surface area (Å²) in [5, 5.41) is 6.66. The molecule has 1 aromatic rings. The van der Waals surface area contributed by atoms with Crippen molar-refractivity contribution in [1.29, 1.82) is 0 Å². The Morgan fingerprint density at radius 1 is 1.19 bits per heavy atom. The average Bonchev–Trinajstić information content (AvgIpc) is 2.52. The number of methoxy groups -OCH3 is 1. The fraction of sp³-hybridized carbons (Fsp3) is 0.650. The molecule has 0 unspecified atom stereocenters. The molecule has 0 heterocycles. The maximum atomic E-state index is 11.9. The minimum absolute atomic E-state index is 0.190. The molecular formula is C20H31BrN2O3. The average molecular weight is 427 g/mol. The largest absolute Gasteiger partial charge is 0.444 e. The van der Waals surface area contributed by atoms with Gasteiger partial charge >= 0.3 is 6.09 Å². The fourth-order valence-corrected chi connectivity index (χ4v) is 3.77. The summed E-state index contributed by atoms with van der Waals surface area (Å²) in [6.07, 6.45) is 3.63. The first-order valence-electron chi connectivity index (χ1n) is 9.22. The van der Waals surface area contributed by atoms with E-state index in [1.807, 2.05) is 20.8 Å². The monoisotopic (exact) mass is 426 g/mol. The van der Waals surface area contributed by atoms with E-state index in [-0.39, 0.29) is 12.1 Å². The minimum atomic E-state index is -0.457. The second-order valence-electron chi connectivity index (χ2n) is 8.01. The minimum Gasteiger partial charge on any atom is -0.444 e. The third-order valence-corrected chi connectivity index (χ3v) is 5.05. The topological polar surface area (TPSA) is 59.6 Å². The van der Waals surface area contributed by atoms with E-state index in [2.05, 4.69) is 45.6 Å². The molecule has 0 radical (unpaired) electrons. The Hall–Kier alpha value is -1.27. The van der Waals surface area contributed by atoms with Crippen LogP contribution in [0, 0.1) is 6.92 Å². The highest BCUT2D eigenvalue weighted by Gasteiger charge is 2.25. The van der Waals surface area contributed by atoms with Gasteiger partial charge in [-0.15, -0.1) is 0 Å². The number of amides is 1. The summed E-state index contributed by atoms with van der Waals surface area (Å²) in [6.45, 7) is 8.37. The Morgan fingerprint density at radius 2 is 1.81 bits per heavy atom. The van der Waals surface area contributed by atoms with Crippen molar-refractivity contribution in [3.63, 3.8) is 0 Å². The van der Waals surface area contributed by atoms with E-state index in [9.17, 15) is 4.79 Å². The second kappa shape index (κ2) is 9.09. The first-order valence-corrected chi connectivity index (χ1v) is 10.0. The molecule has 1 amide bonds. The predicted octanol–water partition coefficient (Wildman–Crippen LogP) is 5.15. The zero-order valence-electron chi connectivity index (χ0n) is 16.4. The lowest BCUT2D eigenvalue weighted by Crippen LogP contribution is -2.42. The maximum absolute atomic E-state index is 11.9. The summed E-state index contributed by atoms with van der Waals surface area (Å²) in [7, 11) is 1.71. The lowest BCUT2D eigenvalue weighted by atomic mass is 9.90. The van der Waals surface area contributed by atoms with Crippen LogP contribution in [0.4, 0.5) is 10.5 Å².